The number of aromatic nitrogens is 3. The predicted molar refractivity (Wildman–Crippen MR) is 99.0 cm³/mol. The van der Waals surface area contributed by atoms with Gasteiger partial charge in [-0.2, -0.15) is 5.10 Å². The molecule has 4 rings (SSSR count). The zero-order valence-electron chi connectivity index (χ0n) is 14.9. The molecule has 0 aliphatic rings. The highest BCUT2D eigenvalue weighted by atomic mass is 16.4. The molecule has 0 aromatic carbocycles. The summed E-state index contributed by atoms with van der Waals surface area (Å²) in [5.74, 6) is -2.30. The highest BCUT2D eigenvalue weighted by Gasteiger charge is 2.29. The lowest BCUT2D eigenvalue weighted by Crippen LogP contribution is -2.47. The molecule has 4 aromatic heterocycles. The lowest BCUT2D eigenvalue weighted by atomic mass is 10.0. The molecule has 0 bridgehead atoms. The van der Waals surface area contributed by atoms with Gasteiger partial charge in [-0.15, -0.1) is 0 Å². The van der Waals surface area contributed by atoms with Crippen LogP contribution in [0.4, 0.5) is 0 Å². The number of Topliss-reactive ketones (excluding diaryl/α,β-unsaturated/α-hetero) is 1. The van der Waals surface area contributed by atoms with Gasteiger partial charge in [-0.3, -0.25) is 14.4 Å². The van der Waals surface area contributed by atoms with E-state index in [4.69, 9.17) is 14.6 Å². The number of carbonyl (C=O) groups excluding carboxylic acids is 3. The topological polar surface area (TPSA) is 146 Å². The molecule has 1 atom stereocenters. The monoisotopic (exact) mass is 393 g/mol. The number of pyridine rings is 1. The maximum Gasteiger partial charge on any atom is 0.287 e. The highest BCUT2D eigenvalue weighted by Crippen LogP contribution is 2.23. The fourth-order valence-corrected chi connectivity index (χ4v) is 2.92. The fourth-order valence-electron chi connectivity index (χ4n) is 2.92. The van der Waals surface area contributed by atoms with Crippen molar-refractivity contribution in [2.24, 2.45) is 5.73 Å². The molecule has 0 aliphatic heterocycles. The van der Waals surface area contributed by atoms with E-state index in [1.807, 2.05) is 0 Å². The van der Waals surface area contributed by atoms with Gasteiger partial charge in [0.2, 0.25) is 5.78 Å². The Kier molecular flexibility index (Phi) is 4.65. The van der Waals surface area contributed by atoms with Crippen LogP contribution in [0, 0.1) is 0 Å². The van der Waals surface area contributed by atoms with E-state index in [-0.39, 0.29) is 12.1 Å². The number of fused-ring (bicyclic) bond motifs is 1. The second kappa shape index (κ2) is 7.43. The molecule has 0 fully saturated rings. The van der Waals surface area contributed by atoms with Crippen molar-refractivity contribution in [1.82, 2.24) is 20.1 Å². The van der Waals surface area contributed by atoms with E-state index in [1.54, 1.807) is 30.5 Å². The van der Waals surface area contributed by atoms with Gasteiger partial charge in [-0.1, -0.05) is 6.07 Å². The first-order valence-corrected chi connectivity index (χ1v) is 8.58. The van der Waals surface area contributed by atoms with E-state index >= 15 is 0 Å². The normalized spacial score (nSPS) is 12.0. The Morgan fingerprint density at radius 1 is 1.14 bits per heavy atom. The van der Waals surface area contributed by atoms with Crippen LogP contribution in [0.2, 0.25) is 0 Å². The van der Waals surface area contributed by atoms with E-state index in [9.17, 15) is 14.4 Å². The molecule has 2 amide bonds. The number of primary amides is 1. The molecule has 0 aliphatic carbocycles. The van der Waals surface area contributed by atoms with Gasteiger partial charge in [0.05, 0.1) is 18.7 Å². The zero-order chi connectivity index (χ0) is 20.4. The Labute approximate surface area is 163 Å². The molecule has 10 nitrogen and oxygen atoms in total. The molecular formula is C19H15N5O5. The molecule has 4 aromatic rings. The highest BCUT2D eigenvalue weighted by molar-refractivity contribution is 6.38. The summed E-state index contributed by atoms with van der Waals surface area (Å²) in [6.45, 7) is 0. The van der Waals surface area contributed by atoms with Crippen molar-refractivity contribution >= 4 is 28.8 Å². The lowest BCUT2D eigenvalue weighted by molar-refractivity contribution is -0.137. The summed E-state index contributed by atoms with van der Waals surface area (Å²) in [5, 5.41) is 6.64. The van der Waals surface area contributed by atoms with Crippen molar-refractivity contribution in [3.63, 3.8) is 0 Å². The van der Waals surface area contributed by atoms with Gasteiger partial charge in [-0.25, -0.2) is 9.67 Å². The standard InChI is InChI=1S/C19H15N5O5/c20-18(26)16(25)12(9-11-10-29-14-5-8-28-17(11)14)23-19(27)13-4-7-22-24(13)15-3-1-2-6-21-15/h1-8,10,12H,9H2,(H2,20,26)(H,23,27). The van der Waals surface area contributed by atoms with Crippen LogP contribution in [-0.2, 0) is 16.0 Å². The molecule has 29 heavy (non-hydrogen) atoms. The first kappa shape index (κ1) is 18.2. The lowest BCUT2D eigenvalue weighted by Gasteiger charge is -2.16. The molecule has 0 saturated heterocycles. The Hall–Kier alpha value is -4.21. The van der Waals surface area contributed by atoms with Crippen LogP contribution in [0.5, 0.6) is 0 Å². The smallest absolute Gasteiger partial charge is 0.287 e. The van der Waals surface area contributed by atoms with Crippen LogP contribution in [0.15, 0.2) is 64.1 Å². The number of hydrogen-bond donors (Lipinski definition) is 2. The zero-order valence-corrected chi connectivity index (χ0v) is 14.9. The number of nitrogens with one attached hydrogen (secondary N) is 1. The third kappa shape index (κ3) is 3.50. The molecule has 10 heteroatoms. The van der Waals surface area contributed by atoms with Crippen molar-refractivity contribution in [2.75, 3.05) is 0 Å². The number of ketones is 1. The van der Waals surface area contributed by atoms with E-state index in [0.29, 0.717) is 22.5 Å². The van der Waals surface area contributed by atoms with Crippen molar-refractivity contribution in [3.05, 3.63) is 66.5 Å². The molecule has 1 unspecified atom stereocenters. The molecule has 3 N–H and O–H groups in total. The van der Waals surface area contributed by atoms with Gasteiger partial charge in [0, 0.05) is 24.2 Å². The van der Waals surface area contributed by atoms with Gasteiger partial charge >= 0.3 is 0 Å². The van der Waals surface area contributed by atoms with Crippen LogP contribution in [0.3, 0.4) is 0 Å². The molecule has 0 radical (unpaired) electrons. The number of hydrogen-bond acceptors (Lipinski definition) is 7. The van der Waals surface area contributed by atoms with Crippen LogP contribution < -0.4 is 11.1 Å². The van der Waals surface area contributed by atoms with E-state index in [2.05, 4.69) is 15.4 Å². The van der Waals surface area contributed by atoms with Gasteiger partial charge in [0.15, 0.2) is 17.0 Å². The Morgan fingerprint density at radius 2 is 2.00 bits per heavy atom. The van der Waals surface area contributed by atoms with Crippen molar-refractivity contribution in [1.29, 1.82) is 0 Å². The summed E-state index contributed by atoms with van der Waals surface area (Å²) in [4.78, 5) is 40.8. The van der Waals surface area contributed by atoms with Crippen molar-refractivity contribution < 1.29 is 23.2 Å². The Bertz CT molecular complexity index is 1190. The summed E-state index contributed by atoms with van der Waals surface area (Å²) < 4.78 is 12.0. The van der Waals surface area contributed by atoms with Crippen molar-refractivity contribution in [2.45, 2.75) is 12.5 Å². The minimum absolute atomic E-state index is 0.0360. The number of amides is 2. The van der Waals surface area contributed by atoms with Crippen LogP contribution in [0.25, 0.3) is 17.0 Å². The molecular weight excluding hydrogens is 378 g/mol. The van der Waals surface area contributed by atoms with E-state index in [0.717, 1.165) is 0 Å². The molecule has 146 valence electrons. The largest absolute Gasteiger partial charge is 0.461 e. The van der Waals surface area contributed by atoms with Crippen LogP contribution in [0.1, 0.15) is 16.1 Å². The number of nitrogens with two attached hydrogens (primary N) is 1. The number of furan rings is 2. The summed E-state index contributed by atoms with van der Waals surface area (Å²) in [7, 11) is 0. The number of carbonyl (C=O) groups is 3. The second-order valence-electron chi connectivity index (χ2n) is 6.15. The first-order chi connectivity index (χ1) is 14.0. The predicted octanol–water partition coefficient (Wildman–Crippen LogP) is 1.00. The molecule has 0 saturated carbocycles. The second-order valence-corrected chi connectivity index (χ2v) is 6.15. The van der Waals surface area contributed by atoms with Crippen molar-refractivity contribution in [3.8, 4) is 5.82 Å². The van der Waals surface area contributed by atoms with E-state index in [1.165, 1.54) is 29.5 Å². The van der Waals surface area contributed by atoms with Crippen LogP contribution in [-0.4, -0.2) is 38.4 Å². The molecule has 4 heterocycles. The maximum atomic E-state index is 12.8. The van der Waals surface area contributed by atoms with Crippen LogP contribution >= 0.6 is 0 Å². The third-order valence-corrected chi connectivity index (χ3v) is 4.28. The minimum Gasteiger partial charge on any atom is -0.461 e. The molecule has 0 spiro atoms. The minimum atomic E-state index is -1.21. The average molecular weight is 393 g/mol. The SMILES string of the molecule is NC(=O)C(=O)C(Cc1coc2ccoc12)NC(=O)c1ccnn1-c1ccccn1. The van der Waals surface area contributed by atoms with Gasteiger partial charge in [0.25, 0.3) is 11.8 Å². The fraction of sp³-hybridized carbons (Fsp3) is 0.105. The Morgan fingerprint density at radius 3 is 2.76 bits per heavy atom. The quantitative estimate of drug-likeness (QED) is 0.445. The summed E-state index contributed by atoms with van der Waals surface area (Å²) in [5.41, 5.74) is 6.74. The summed E-state index contributed by atoms with van der Waals surface area (Å²) in [6.07, 6.45) is 5.79. The third-order valence-electron chi connectivity index (χ3n) is 4.28. The average Bonchev–Trinajstić information content (AvgIpc) is 3.45. The summed E-state index contributed by atoms with van der Waals surface area (Å²) >= 11 is 0. The first-order valence-electron chi connectivity index (χ1n) is 8.58. The number of rotatable bonds is 7. The van der Waals surface area contributed by atoms with Gasteiger partial charge in [-0.05, 0) is 18.2 Å². The Balaban J connectivity index is 1.61. The van der Waals surface area contributed by atoms with Gasteiger partial charge in [0.1, 0.15) is 11.7 Å². The summed E-state index contributed by atoms with van der Waals surface area (Å²) in [6, 6.07) is 7.03. The maximum absolute atomic E-state index is 12.8. The van der Waals surface area contributed by atoms with E-state index < -0.39 is 23.6 Å². The van der Waals surface area contributed by atoms with Gasteiger partial charge < -0.3 is 19.9 Å². The number of nitrogens with zero attached hydrogens (tertiary/aromatic N) is 3.